The number of rotatable bonds is 0. The summed E-state index contributed by atoms with van der Waals surface area (Å²) in [6, 6.07) is 6.01. The fourth-order valence-corrected chi connectivity index (χ4v) is 2.11. The Morgan fingerprint density at radius 2 is 2.15 bits per heavy atom. The van der Waals surface area contributed by atoms with Crippen molar-refractivity contribution in [2.24, 2.45) is 0 Å². The summed E-state index contributed by atoms with van der Waals surface area (Å²) in [5.41, 5.74) is 0.931. The highest BCUT2D eigenvalue weighted by Crippen LogP contribution is 2.29. The molecule has 2 aromatic rings. The molecule has 0 unspecified atom stereocenters. The summed E-state index contributed by atoms with van der Waals surface area (Å²) >= 11 is 11.7. The molecule has 1 heterocycles. The topological polar surface area (TPSA) is 12.9 Å². The molecule has 0 aliphatic rings. The monoisotopic (exact) mass is 367 g/mol. The van der Waals surface area contributed by atoms with E-state index in [1.807, 2.05) is 18.2 Å². The molecule has 4 heteroatoms. The zero-order valence-electron chi connectivity index (χ0n) is 6.39. The highest BCUT2D eigenvalue weighted by atomic mass is 127. The molecule has 66 valence electrons. The minimum atomic E-state index is 0.724. The van der Waals surface area contributed by atoms with Crippen LogP contribution in [0.5, 0.6) is 0 Å². The Hall–Kier alpha value is 0.130. The number of hydrogen-bond acceptors (Lipinski definition) is 1. The lowest BCUT2D eigenvalue weighted by molar-refractivity contribution is 1.39. The van der Waals surface area contributed by atoms with Crippen LogP contribution in [0.2, 0.25) is 5.02 Å². The number of aromatic nitrogens is 1. The maximum atomic E-state index is 6.09. The van der Waals surface area contributed by atoms with Gasteiger partial charge in [0, 0.05) is 15.2 Å². The second kappa shape index (κ2) is 3.71. The average Bonchev–Trinajstić information content (AvgIpc) is 2.12. The van der Waals surface area contributed by atoms with Crippen molar-refractivity contribution in [1.29, 1.82) is 0 Å². The van der Waals surface area contributed by atoms with Crippen LogP contribution in [0, 0.1) is 3.57 Å². The lowest BCUT2D eigenvalue weighted by atomic mass is 10.2. The number of halogens is 3. The first-order valence-electron chi connectivity index (χ1n) is 3.58. The van der Waals surface area contributed by atoms with Crippen LogP contribution in [0.3, 0.4) is 0 Å². The Balaban J connectivity index is 2.87. The van der Waals surface area contributed by atoms with E-state index in [9.17, 15) is 0 Å². The Kier molecular flexibility index (Phi) is 2.76. The van der Waals surface area contributed by atoms with E-state index in [-0.39, 0.29) is 0 Å². The fraction of sp³-hybridized carbons (Fsp3) is 0. The van der Waals surface area contributed by atoms with Gasteiger partial charge < -0.3 is 0 Å². The van der Waals surface area contributed by atoms with Gasteiger partial charge in [0.25, 0.3) is 0 Å². The van der Waals surface area contributed by atoms with Gasteiger partial charge in [-0.05, 0) is 50.7 Å². The van der Waals surface area contributed by atoms with Crippen LogP contribution in [-0.2, 0) is 0 Å². The van der Waals surface area contributed by atoms with E-state index in [0.29, 0.717) is 0 Å². The van der Waals surface area contributed by atoms with E-state index in [1.54, 1.807) is 6.20 Å². The summed E-state index contributed by atoms with van der Waals surface area (Å²) in [6.07, 6.45) is 1.72. The van der Waals surface area contributed by atoms with Crippen molar-refractivity contribution in [3.8, 4) is 0 Å². The van der Waals surface area contributed by atoms with Gasteiger partial charge in [-0.1, -0.05) is 17.7 Å². The predicted octanol–water partition coefficient (Wildman–Crippen LogP) is 4.26. The van der Waals surface area contributed by atoms with Crippen LogP contribution in [0.15, 0.2) is 28.9 Å². The summed E-state index contributed by atoms with van der Waals surface area (Å²) in [7, 11) is 0. The van der Waals surface area contributed by atoms with E-state index in [0.717, 1.165) is 24.0 Å². The lowest BCUT2D eigenvalue weighted by Crippen LogP contribution is -1.82. The van der Waals surface area contributed by atoms with Crippen LogP contribution in [0.1, 0.15) is 0 Å². The second-order valence-electron chi connectivity index (χ2n) is 2.58. The molecular weight excluding hydrogens is 364 g/mol. The van der Waals surface area contributed by atoms with E-state index in [4.69, 9.17) is 11.6 Å². The normalized spacial score (nSPS) is 10.7. The smallest absolute Gasteiger partial charge is 0.0728 e. The molecule has 1 nitrogen and oxygen atoms in total. The molecule has 0 spiro atoms. The summed E-state index contributed by atoms with van der Waals surface area (Å²) in [6.45, 7) is 0. The molecule has 13 heavy (non-hydrogen) atoms. The number of pyridine rings is 1. The minimum Gasteiger partial charge on any atom is -0.255 e. The van der Waals surface area contributed by atoms with Crippen LogP contribution >= 0.6 is 50.1 Å². The summed E-state index contributed by atoms with van der Waals surface area (Å²) in [5, 5.41) is 1.71. The molecule has 1 aromatic heterocycles. The Morgan fingerprint density at radius 1 is 1.38 bits per heavy atom. The van der Waals surface area contributed by atoms with Crippen molar-refractivity contribution < 1.29 is 0 Å². The van der Waals surface area contributed by atoms with Crippen LogP contribution in [0.25, 0.3) is 10.9 Å². The number of hydrogen-bond donors (Lipinski definition) is 0. The van der Waals surface area contributed by atoms with E-state index in [2.05, 4.69) is 43.5 Å². The molecule has 0 radical (unpaired) electrons. The Labute approximate surface area is 103 Å². The molecule has 0 saturated carbocycles. The van der Waals surface area contributed by atoms with Gasteiger partial charge in [-0.2, -0.15) is 0 Å². The number of benzene rings is 1. The third-order valence-corrected chi connectivity index (χ3v) is 3.63. The molecule has 1 aromatic carbocycles. The van der Waals surface area contributed by atoms with Crippen molar-refractivity contribution in [3.63, 3.8) is 0 Å². The molecular formula is C9H4BrClIN. The Bertz CT molecular complexity index is 472. The zero-order valence-corrected chi connectivity index (χ0v) is 10.9. The lowest BCUT2D eigenvalue weighted by Gasteiger charge is -2.01. The third kappa shape index (κ3) is 1.82. The van der Waals surface area contributed by atoms with Crippen molar-refractivity contribution in [2.45, 2.75) is 0 Å². The summed E-state index contributed by atoms with van der Waals surface area (Å²) < 4.78 is 2.00. The quantitative estimate of drug-likeness (QED) is 0.634. The van der Waals surface area contributed by atoms with E-state index >= 15 is 0 Å². The van der Waals surface area contributed by atoms with Crippen molar-refractivity contribution >= 4 is 61.0 Å². The predicted molar refractivity (Wildman–Crippen MR) is 67.2 cm³/mol. The van der Waals surface area contributed by atoms with Crippen LogP contribution < -0.4 is 0 Å². The summed E-state index contributed by atoms with van der Waals surface area (Å²) in [4.78, 5) is 4.27. The second-order valence-corrected chi connectivity index (χ2v) is 5.06. The zero-order chi connectivity index (χ0) is 9.42. The van der Waals surface area contributed by atoms with Crippen LogP contribution in [-0.4, -0.2) is 4.98 Å². The molecule has 0 bridgehead atoms. The van der Waals surface area contributed by atoms with Gasteiger partial charge in [-0.25, -0.2) is 0 Å². The largest absolute Gasteiger partial charge is 0.255 e. The van der Waals surface area contributed by atoms with Gasteiger partial charge in [-0.3, -0.25) is 4.98 Å². The van der Waals surface area contributed by atoms with Gasteiger partial charge >= 0.3 is 0 Å². The van der Waals surface area contributed by atoms with Crippen molar-refractivity contribution in [1.82, 2.24) is 4.98 Å². The highest BCUT2D eigenvalue weighted by molar-refractivity contribution is 14.1. The first kappa shape index (κ1) is 9.68. The summed E-state index contributed by atoms with van der Waals surface area (Å²) in [5.74, 6) is 0. The SMILES string of the molecule is Clc1c(Br)cnc2cc(I)ccc12. The fourth-order valence-electron chi connectivity index (χ4n) is 1.11. The average molecular weight is 368 g/mol. The molecule has 0 saturated heterocycles. The maximum absolute atomic E-state index is 6.09. The van der Waals surface area contributed by atoms with Gasteiger partial charge in [0.2, 0.25) is 0 Å². The molecule has 0 atom stereocenters. The first-order valence-corrected chi connectivity index (χ1v) is 5.83. The standard InChI is InChI=1S/C9H4BrClIN/c10-7-4-13-8-3-5(12)1-2-6(8)9(7)11/h1-4H. The van der Waals surface area contributed by atoms with Gasteiger partial charge in [0.1, 0.15) is 0 Å². The molecule has 2 rings (SSSR count). The van der Waals surface area contributed by atoms with Gasteiger partial charge in [0.15, 0.2) is 0 Å². The maximum Gasteiger partial charge on any atom is 0.0728 e. The Morgan fingerprint density at radius 3 is 2.92 bits per heavy atom. The highest BCUT2D eigenvalue weighted by Gasteiger charge is 2.03. The number of nitrogens with zero attached hydrogens (tertiary/aromatic N) is 1. The third-order valence-electron chi connectivity index (χ3n) is 1.72. The first-order chi connectivity index (χ1) is 6.18. The molecule has 0 aliphatic carbocycles. The molecule has 0 fully saturated rings. The van der Waals surface area contributed by atoms with E-state index in [1.165, 1.54) is 0 Å². The molecule has 0 amide bonds. The van der Waals surface area contributed by atoms with Crippen molar-refractivity contribution in [2.75, 3.05) is 0 Å². The van der Waals surface area contributed by atoms with Crippen molar-refractivity contribution in [3.05, 3.63) is 37.5 Å². The molecule has 0 aliphatic heterocycles. The van der Waals surface area contributed by atoms with Crippen LogP contribution in [0.4, 0.5) is 0 Å². The molecule has 0 N–H and O–H groups in total. The van der Waals surface area contributed by atoms with Gasteiger partial charge in [0.05, 0.1) is 15.0 Å². The van der Waals surface area contributed by atoms with E-state index < -0.39 is 0 Å². The minimum absolute atomic E-state index is 0.724. The number of fused-ring (bicyclic) bond motifs is 1. The van der Waals surface area contributed by atoms with Gasteiger partial charge in [-0.15, -0.1) is 0 Å².